The molecule has 17 heavy (non-hydrogen) atoms. The van der Waals surface area contributed by atoms with E-state index in [1.165, 1.54) is 38.6 Å². The second kappa shape index (κ2) is 5.71. The van der Waals surface area contributed by atoms with Gasteiger partial charge in [0.2, 0.25) is 0 Å². The Morgan fingerprint density at radius 2 is 1.76 bits per heavy atom. The summed E-state index contributed by atoms with van der Waals surface area (Å²) in [6.45, 7) is 10.0. The highest BCUT2D eigenvalue weighted by Crippen LogP contribution is 2.40. The van der Waals surface area contributed by atoms with Gasteiger partial charge in [-0.1, -0.05) is 6.42 Å². The Bertz CT molecular complexity index is 228. The number of rotatable bonds is 3. The molecule has 1 aliphatic carbocycles. The molecule has 0 bridgehead atoms. The number of ether oxygens (including phenoxy) is 1. The van der Waals surface area contributed by atoms with E-state index in [-0.39, 0.29) is 5.54 Å². The minimum Gasteiger partial charge on any atom is -0.381 e. The van der Waals surface area contributed by atoms with Gasteiger partial charge in [-0.15, -0.1) is 0 Å². The molecular formula is C15H29NO. The smallest absolute Gasteiger partial charge is 0.0468 e. The molecule has 2 atom stereocenters. The van der Waals surface area contributed by atoms with Crippen molar-refractivity contribution in [3.63, 3.8) is 0 Å². The van der Waals surface area contributed by atoms with Crippen molar-refractivity contribution in [2.24, 2.45) is 17.8 Å². The molecule has 2 unspecified atom stereocenters. The fourth-order valence-corrected chi connectivity index (χ4v) is 3.52. The normalized spacial score (nSPS) is 31.9. The molecule has 1 N–H and O–H groups in total. The molecule has 1 aliphatic heterocycles. The van der Waals surface area contributed by atoms with Crippen molar-refractivity contribution in [3.8, 4) is 0 Å². The topological polar surface area (TPSA) is 21.3 Å². The maximum absolute atomic E-state index is 5.49. The van der Waals surface area contributed by atoms with Crippen LogP contribution in [0.2, 0.25) is 0 Å². The molecule has 0 aromatic rings. The Kier molecular flexibility index (Phi) is 4.48. The Hall–Kier alpha value is -0.0800. The van der Waals surface area contributed by atoms with Gasteiger partial charge in [-0.05, 0) is 70.8 Å². The molecule has 0 aromatic heterocycles. The van der Waals surface area contributed by atoms with E-state index in [1.54, 1.807) is 0 Å². The zero-order valence-electron chi connectivity index (χ0n) is 11.8. The van der Waals surface area contributed by atoms with Crippen LogP contribution in [-0.4, -0.2) is 25.3 Å². The van der Waals surface area contributed by atoms with Crippen LogP contribution in [0, 0.1) is 17.8 Å². The predicted molar refractivity (Wildman–Crippen MR) is 72.1 cm³/mol. The highest BCUT2D eigenvalue weighted by molar-refractivity contribution is 4.86. The summed E-state index contributed by atoms with van der Waals surface area (Å²) in [5, 5.41) is 3.70. The van der Waals surface area contributed by atoms with Crippen LogP contribution >= 0.6 is 0 Å². The quantitative estimate of drug-likeness (QED) is 0.816. The van der Waals surface area contributed by atoms with Crippen molar-refractivity contribution >= 4 is 0 Å². The zero-order valence-corrected chi connectivity index (χ0v) is 11.8. The number of nitrogens with one attached hydrogen (secondary N) is 1. The lowest BCUT2D eigenvalue weighted by atomic mass is 9.79. The molecule has 100 valence electrons. The summed E-state index contributed by atoms with van der Waals surface area (Å²) in [6.07, 6.45) is 6.94. The van der Waals surface area contributed by atoms with Crippen LogP contribution < -0.4 is 5.32 Å². The maximum Gasteiger partial charge on any atom is 0.0468 e. The summed E-state index contributed by atoms with van der Waals surface area (Å²) in [5.74, 6) is 2.82. The molecular weight excluding hydrogens is 210 g/mol. The summed E-state index contributed by atoms with van der Waals surface area (Å²) in [4.78, 5) is 0. The van der Waals surface area contributed by atoms with Gasteiger partial charge in [0.05, 0.1) is 0 Å². The summed E-state index contributed by atoms with van der Waals surface area (Å²) in [7, 11) is 0. The molecule has 2 rings (SSSR count). The van der Waals surface area contributed by atoms with E-state index in [0.717, 1.165) is 31.0 Å². The highest BCUT2D eigenvalue weighted by Gasteiger charge is 2.34. The van der Waals surface area contributed by atoms with Crippen LogP contribution in [0.4, 0.5) is 0 Å². The largest absolute Gasteiger partial charge is 0.381 e. The maximum atomic E-state index is 5.49. The van der Waals surface area contributed by atoms with E-state index in [2.05, 4.69) is 26.1 Å². The van der Waals surface area contributed by atoms with E-state index in [4.69, 9.17) is 4.74 Å². The van der Waals surface area contributed by atoms with E-state index in [9.17, 15) is 0 Å². The molecule has 1 saturated carbocycles. The summed E-state index contributed by atoms with van der Waals surface area (Å²) >= 11 is 0. The average Bonchev–Trinajstić information content (AvgIpc) is 2.75. The van der Waals surface area contributed by atoms with Crippen molar-refractivity contribution in [2.45, 2.75) is 58.4 Å². The van der Waals surface area contributed by atoms with Gasteiger partial charge in [-0.3, -0.25) is 0 Å². The van der Waals surface area contributed by atoms with Crippen LogP contribution in [0.5, 0.6) is 0 Å². The Morgan fingerprint density at radius 3 is 2.41 bits per heavy atom. The second-order valence-corrected chi connectivity index (χ2v) is 6.94. The fraction of sp³-hybridized carbons (Fsp3) is 1.00. The first-order chi connectivity index (χ1) is 8.06. The van der Waals surface area contributed by atoms with Crippen LogP contribution in [0.3, 0.4) is 0 Å². The van der Waals surface area contributed by atoms with Gasteiger partial charge in [-0.2, -0.15) is 0 Å². The lowest BCUT2D eigenvalue weighted by molar-refractivity contribution is 0.0385. The minimum absolute atomic E-state index is 0.267. The van der Waals surface area contributed by atoms with Gasteiger partial charge in [0.15, 0.2) is 0 Å². The summed E-state index contributed by atoms with van der Waals surface area (Å²) in [6, 6.07) is 0. The first-order valence-corrected chi connectivity index (χ1v) is 7.39. The van der Waals surface area contributed by atoms with Gasteiger partial charge < -0.3 is 10.1 Å². The van der Waals surface area contributed by atoms with Crippen molar-refractivity contribution in [1.82, 2.24) is 5.32 Å². The molecule has 0 aromatic carbocycles. The molecule has 0 amide bonds. The van der Waals surface area contributed by atoms with E-state index in [0.29, 0.717) is 0 Å². The first-order valence-electron chi connectivity index (χ1n) is 7.39. The summed E-state index contributed by atoms with van der Waals surface area (Å²) in [5.41, 5.74) is 0.267. The molecule has 1 heterocycles. The SMILES string of the molecule is CC(C)(C)NCC1CCCC1C1CCOCC1. The lowest BCUT2D eigenvalue weighted by Gasteiger charge is -2.33. The minimum atomic E-state index is 0.267. The van der Waals surface area contributed by atoms with Crippen LogP contribution in [0.25, 0.3) is 0 Å². The Labute approximate surface area is 107 Å². The fourth-order valence-electron chi connectivity index (χ4n) is 3.52. The molecule has 0 radical (unpaired) electrons. The van der Waals surface area contributed by atoms with E-state index >= 15 is 0 Å². The zero-order chi connectivity index (χ0) is 12.3. The monoisotopic (exact) mass is 239 g/mol. The summed E-state index contributed by atoms with van der Waals surface area (Å²) < 4.78 is 5.49. The van der Waals surface area contributed by atoms with Gasteiger partial charge in [-0.25, -0.2) is 0 Å². The number of hydrogen-bond acceptors (Lipinski definition) is 2. The van der Waals surface area contributed by atoms with Crippen LogP contribution in [-0.2, 0) is 4.74 Å². The van der Waals surface area contributed by atoms with Crippen molar-refractivity contribution in [1.29, 1.82) is 0 Å². The molecule has 2 fully saturated rings. The molecule has 1 saturated heterocycles. The van der Waals surface area contributed by atoms with Crippen molar-refractivity contribution in [2.75, 3.05) is 19.8 Å². The van der Waals surface area contributed by atoms with Gasteiger partial charge in [0.1, 0.15) is 0 Å². The Morgan fingerprint density at radius 1 is 1.06 bits per heavy atom. The predicted octanol–water partition coefficient (Wildman–Crippen LogP) is 3.22. The van der Waals surface area contributed by atoms with Crippen LogP contribution in [0.15, 0.2) is 0 Å². The third kappa shape index (κ3) is 3.96. The number of hydrogen-bond donors (Lipinski definition) is 1. The van der Waals surface area contributed by atoms with E-state index in [1.807, 2.05) is 0 Å². The third-order valence-electron chi connectivity index (χ3n) is 4.48. The molecule has 2 aliphatic rings. The molecule has 2 heteroatoms. The first kappa shape index (κ1) is 13.4. The standard InChI is InChI=1S/C15H29NO/c1-15(2,3)16-11-13-5-4-6-14(13)12-7-9-17-10-8-12/h12-14,16H,4-11H2,1-3H3. The Balaban J connectivity index is 1.83. The van der Waals surface area contributed by atoms with Crippen molar-refractivity contribution in [3.05, 3.63) is 0 Å². The highest BCUT2D eigenvalue weighted by atomic mass is 16.5. The average molecular weight is 239 g/mol. The van der Waals surface area contributed by atoms with E-state index < -0.39 is 0 Å². The second-order valence-electron chi connectivity index (χ2n) is 6.94. The lowest BCUT2D eigenvalue weighted by Crippen LogP contribution is -2.41. The van der Waals surface area contributed by atoms with Crippen molar-refractivity contribution < 1.29 is 4.74 Å². The van der Waals surface area contributed by atoms with Gasteiger partial charge >= 0.3 is 0 Å². The third-order valence-corrected chi connectivity index (χ3v) is 4.48. The van der Waals surface area contributed by atoms with Gasteiger partial charge in [0, 0.05) is 18.8 Å². The molecule has 2 nitrogen and oxygen atoms in total. The molecule has 0 spiro atoms. The van der Waals surface area contributed by atoms with Gasteiger partial charge in [0.25, 0.3) is 0 Å². The van der Waals surface area contributed by atoms with Crippen LogP contribution in [0.1, 0.15) is 52.9 Å².